The molecule has 5 aromatic carbocycles. The molecule has 3 nitrogen and oxygen atoms in total. The Labute approximate surface area is 224 Å². The number of hydrogen-bond acceptors (Lipinski definition) is 3. The van der Waals surface area contributed by atoms with Crippen molar-refractivity contribution in [3.63, 3.8) is 0 Å². The summed E-state index contributed by atoms with van der Waals surface area (Å²) >= 11 is 1.83. The van der Waals surface area contributed by atoms with Crippen molar-refractivity contribution in [2.45, 2.75) is 6.04 Å². The first kappa shape index (κ1) is 21.4. The Hall–Kier alpha value is -4.67. The van der Waals surface area contributed by atoms with Gasteiger partial charge in [-0.15, -0.1) is 11.3 Å². The molecule has 0 bridgehead atoms. The first-order chi connectivity index (χ1) is 18.9. The Morgan fingerprint density at radius 3 is 2.16 bits per heavy atom. The van der Waals surface area contributed by atoms with E-state index >= 15 is 0 Å². The van der Waals surface area contributed by atoms with Crippen molar-refractivity contribution in [2.75, 3.05) is 0 Å². The van der Waals surface area contributed by atoms with Crippen LogP contribution in [-0.2, 0) is 0 Å². The highest BCUT2D eigenvalue weighted by atomic mass is 32.1. The molecule has 7 aromatic rings. The van der Waals surface area contributed by atoms with Gasteiger partial charge in [-0.05, 0) is 28.5 Å². The molecule has 0 aliphatic carbocycles. The Bertz CT molecular complexity index is 2050. The van der Waals surface area contributed by atoms with E-state index in [4.69, 9.17) is 4.99 Å². The van der Waals surface area contributed by atoms with E-state index in [1.54, 1.807) is 0 Å². The molecule has 180 valence electrons. The average molecular weight is 506 g/mol. The molecular formula is C34H23N3S. The molecule has 1 aliphatic rings. The van der Waals surface area contributed by atoms with Gasteiger partial charge in [0.05, 0.1) is 16.7 Å². The van der Waals surface area contributed by atoms with Crippen molar-refractivity contribution < 1.29 is 0 Å². The highest BCUT2D eigenvalue weighted by Gasteiger charge is 2.27. The van der Waals surface area contributed by atoms with Gasteiger partial charge in [0.25, 0.3) is 0 Å². The first-order valence-corrected chi connectivity index (χ1v) is 13.7. The Kier molecular flexibility index (Phi) is 4.76. The van der Waals surface area contributed by atoms with Gasteiger partial charge < -0.3 is 9.88 Å². The van der Waals surface area contributed by atoms with Gasteiger partial charge in [0.1, 0.15) is 11.9 Å². The number of nitrogens with one attached hydrogen (secondary N) is 1. The number of thiophene rings is 1. The van der Waals surface area contributed by atoms with E-state index < -0.39 is 0 Å². The Balaban J connectivity index is 1.48. The van der Waals surface area contributed by atoms with Crippen molar-refractivity contribution in [1.29, 1.82) is 0 Å². The summed E-state index contributed by atoms with van der Waals surface area (Å²) in [5.41, 5.74) is 5.80. The van der Waals surface area contributed by atoms with Crippen LogP contribution >= 0.6 is 11.3 Å². The monoisotopic (exact) mass is 505 g/mol. The van der Waals surface area contributed by atoms with E-state index in [9.17, 15) is 0 Å². The largest absolute Gasteiger partial charge is 0.345 e. The molecule has 0 radical (unpaired) electrons. The van der Waals surface area contributed by atoms with Gasteiger partial charge >= 0.3 is 0 Å². The molecule has 1 aliphatic heterocycles. The van der Waals surface area contributed by atoms with Crippen LogP contribution in [0.15, 0.2) is 132 Å². The fraction of sp³-hybridized carbons (Fsp3) is 0.0294. The molecule has 0 fully saturated rings. The average Bonchev–Trinajstić information content (AvgIpc) is 3.61. The predicted molar refractivity (Wildman–Crippen MR) is 162 cm³/mol. The minimum absolute atomic E-state index is 0.163. The third-order valence-electron chi connectivity index (χ3n) is 7.56. The maximum Gasteiger partial charge on any atom is 0.133 e. The van der Waals surface area contributed by atoms with Crippen molar-refractivity contribution in [2.24, 2.45) is 4.99 Å². The van der Waals surface area contributed by atoms with E-state index in [2.05, 4.69) is 131 Å². The molecule has 0 saturated heterocycles. The molecule has 0 spiro atoms. The molecule has 1 unspecified atom stereocenters. The Morgan fingerprint density at radius 2 is 1.34 bits per heavy atom. The second-order valence-corrected chi connectivity index (χ2v) is 10.6. The van der Waals surface area contributed by atoms with Gasteiger partial charge in [-0.3, -0.25) is 4.99 Å². The maximum absolute atomic E-state index is 5.32. The summed E-state index contributed by atoms with van der Waals surface area (Å²) in [5, 5.41) is 12.2. The summed E-state index contributed by atoms with van der Waals surface area (Å²) in [6.07, 6.45) is 2.16. The van der Waals surface area contributed by atoms with Crippen molar-refractivity contribution in [3.8, 4) is 0 Å². The van der Waals surface area contributed by atoms with Gasteiger partial charge in [-0.25, -0.2) is 0 Å². The van der Waals surface area contributed by atoms with Crippen molar-refractivity contribution >= 4 is 65.5 Å². The normalized spacial score (nSPS) is 15.6. The summed E-state index contributed by atoms with van der Waals surface area (Å²) in [6.45, 7) is 0. The summed E-state index contributed by atoms with van der Waals surface area (Å²) in [7, 11) is 0. The number of amidine groups is 1. The van der Waals surface area contributed by atoms with Crippen LogP contribution in [0.3, 0.4) is 0 Å². The van der Waals surface area contributed by atoms with Crippen LogP contribution in [0.5, 0.6) is 0 Å². The second-order valence-electron chi connectivity index (χ2n) is 9.66. The minimum Gasteiger partial charge on any atom is -0.345 e. The highest BCUT2D eigenvalue weighted by molar-refractivity contribution is 7.18. The predicted octanol–water partition coefficient (Wildman–Crippen LogP) is 8.75. The van der Waals surface area contributed by atoms with Crippen LogP contribution in [0.4, 0.5) is 0 Å². The molecule has 1 N–H and O–H groups in total. The lowest BCUT2D eigenvalue weighted by Gasteiger charge is -2.26. The van der Waals surface area contributed by atoms with Gasteiger partial charge in [0, 0.05) is 38.0 Å². The van der Waals surface area contributed by atoms with Crippen LogP contribution in [0.1, 0.15) is 17.2 Å². The van der Waals surface area contributed by atoms with E-state index in [1.807, 2.05) is 17.4 Å². The fourth-order valence-electron chi connectivity index (χ4n) is 5.91. The number of hydrogen-bond donors (Lipinski definition) is 1. The fourth-order valence-corrected chi connectivity index (χ4v) is 6.88. The summed E-state index contributed by atoms with van der Waals surface area (Å²) in [4.78, 5) is 5.32. The van der Waals surface area contributed by atoms with Gasteiger partial charge in [-0.1, -0.05) is 103 Å². The standard InChI is InChI=1S/C34H23N3S/c1-3-11-22(12-4-1)31-29(21-35-34(36-31)23-13-5-2-6-14-23)37-28-18-10-9-17-27(28)30-32(37)25-16-8-7-15-24(25)26-19-20-38-33(26)30/h1-21,31H,(H,35,36). The summed E-state index contributed by atoms with van der Waals surface area (Å²) in [6, 6.07) is 40.7. The van der Waals surface area contributed by atoms with Gasteiger partial charge in [0.15, 0.2) is 0 Å². The quantitative estimate of drug-likeness (QED) is 0.256. The van der Waals surface area contributed by atoms with E-state index in [0.717, 1.165) is 17.1 Å². The number of fused-ring (bicyclic) bond motifs is 8. The number of benzene rings is 5. The smallest absolute Gasteiger partial charge is 0.133 e. The number of aliphatic imine (C=N–C) groups is 1. The van der Waals surface area contributed by atoms with Crippen LogP contribution < -0.4 is 5.32 Å². The maximum atomic E-state index is 5.32. The summed E-state index contributed by atoms with van der Waals surface area (Å²) < 4.78 is 3.78. The van der Waals surface area contributed by atoms with E-state index in [0.29, 0.717) is 0 Å². The molecule has 8 rings (SSSR count). The Morgan fingerprint density at radius 1 is 0.658 bits per heavy atom. The van der Waals surface area contributed by atoms with Crippen molar-refractivity contribution in [1.82, 2.24) is 9.88 Å². The second kappa shape index (κ2) is 8.44. The van der Waals surface area contributed by atoms with Crippen LogP contribution in [0.25, 0.3) is 48.4 Å². The molecular weight excluding hydrogens is 482 g/mol. The van der Waals surface area contributed by atoms with Crippen LogP contribution in [-0.4, -0.2) is 10.4 Å². The lowest BCUT2D eigenvalue weighted by Crippen LogP contribution is -2.26. The van der Waals surface area contributed by atoms with E-state index in [-0.39, 0.29) is 6.04 Å². The van der Waals surface area contributed by atoms with Crippen LogP contribution in [0, 0.1) is 0 Å². The number of rotatable bonds is 3. The van der Waals surface area contributed by atoms with Crippen molar-refractivity contribution in [3.05, 3.63) is 138 Å². The zero-order chi connectivity index (χ0) is 25.1. The highest BCUT2D eigenvalue weighted by Crippen LogP contribution is 2.46. The molecule has 2 aromatic heterocycles. The van der Waals surface area contributed by atoms with Gasteiger partial charge in [-0.2, -0.15) is 0 Å². The minimum atomic E-state index is -0.163. The molecule has 3 heterocycles. The molecule has 1 atom stereocenters. The van der Waals surface area contributed by atoms with E-state index in [1.165, 1.54) is 48.2 Å². The number of para-hydroxylation sites is 1. The topological polar surface area (TPSA) is 29.3 Å². The van der Waals surface area contributed by atoms with Crippen LogP contribution in [0.2, 0.25) is 0 Å². The third-order valence-corrected chi connectivity index (χ3v) is 8.49. The third kappa shape index (κ3) is 3.11. The number of aromatic nitrogens is 1. The summed E-state index contributed by atoms with van der Waals surface area (Å²) in [5.74, 6) is 0.884. The first-order valence-electron chi connectivity index (χ1n) is 12.8. The SMILES string of the molecule is C1=C(n2c3ccccc3c3c4sccc4c4ccccc4c32)C(c2ccccc2)N=C(c2ccccc2)N1. The molecule has 0 saturated carbocycles. The molecule has 4 heteroatoms. The number of nitrogens with zero attached hydrogens (tertiary/aromatic N) is 2. The lowest BCUT2D eigenvalue weighted by atomic mass is 10.0. The zero-order valence-corrected chi connectivity index (χ0v) is 21.3. The van der Waals surface area contributed by atoms with Gasteiger partial charge in [0.2, 0.25) is 0 Å². The molecule has 38 heavy (non-hydrogen) atoms. The lowest BCUT2D eigenvalue weighted by molar-refractivity contribution is 0.845. The molecule has 0 amide bonds. The zero-order valence-electron chi connectivity index (χ0n) is 20.5.